The van der Waals surface area contributed by atoms with Crippen LogP contribution >= 0.6 is 0 Å². The van der Waals surface area contributed by atoms with Gasteiger partial charge in [-0.1, -0.05) is 6.92 Å². The van der Waals surface area contributed by atoms with E-state index in [-0.39, 0.29) is 6.61 Å². The Labute approximate surface area is 105 Å². The molecule has 102 valence electrons. The second kappa shape index (κ2) is 8.86. The van der Waals surface area contributed by atoms with E-state index in [1.807, 2.05) is 0 Å². The Hall–Kier alpha value is -0.160. The zero-order chi connectivity index (χ0) is 12.5. The van der Waals surface area contributed by atoms with Crippen molar-refractivity contribution in [2.24, 2.45) is 5.92 Å². The fourth-order valence-corrected chi connectivity index (χ4v) is 2.46. The number of likely N-dealkylation sites (tertiary alicyclic amines) is 1. The number of hydrogen-bond donors (Lipinski definition) is 2. The highest BCUT2D eigenvalue weighted by molar-refractivity contribution is 4.78. The van der Waals surface area contributed by atoms with Crippen LogP contribution in [0, 0.1) is 5.92 Å². The van der Waals surface area contributed by atoms with Crippen LogP contribution in [0.25, 0.3) is 0 Å². The van der Waals surface area contributed by atoms with Crippen LogP contribution in [0.5, 0.6) is 0 Å². The molecule has 2 N–H and O–H groups in total. The van der Waals surface area contributed by atoms with Gasteiger partial charge < -0.3 is 20.1 Å². The van der Waals surface area contributed by atoms with E-state index in [1.165, 1.54) is 32.5 Å². The molecule has 4 heteroatoms. The molecule has 0 aromatic carbocycles. The largest absolute Gasteiger partial charge is 0.394 e. The van der Waals surface area contributed by atoms with E-state index >= 15 is 0 Å². The van der Waals surface area contributed by atoms with Gasteiger partial charge in [-0.25, -0.2) is 0 Å². The Morgan fingerprint density at radius 2 is 2.06 bits per heavy atom. The van der Waals surface area contributed by atoms with E-state index in [9.17, 15) is 0 Å². The maximum atomic E-state index is 8.58. The highest BCUT2D eigenvalue weighted by Gasteiger charge is 2.22. The third kappa shape index (κ3) is 5.82. The van der Waals surface area contributed by atoms with E-state index in [0.717, 1.165) is 12.5 Å². The molecule has 0 spiro atoms. The van der Waals surface area contributed by atoms with Gasteiger partial charge in [0.15, 0.2) is 0 Å². The molecule has 17 heavy (non-hydrogen) atoms. The second-order valence-electron chi connectivity index (χ2n) is 4.85. The number of nitrogens with zero attached hydrogens (tertiary/aromatic N) is 1. The third-order valence-corrected chi connectivity index (χ3v) is 3.73. The highest BCUT2D eigenvalue weighted by Crippen LogP contribution is 2.20. The molecular formula is C13H28N2O2. The van der Waals surface area contributed by atoms with E-state index in [4.69, 9.17) is 9.84 Å². The lowest BCUT2D eigenvalue weighted by Crippen LogP contribution is -2.42. The SMILES string of the molecule is CCN1CCC(C(C)NCCOCCO)CC1. The summed E-state index contributed by atoms with van der Waals surface area (Å²) >= 11 is 0. The fourth-order valence-electron chi connectivity index (χ4n) is 2.46. The van der Waals surface area contributed by atoms with Gasteiger partial charge in [0.1, 0.15) is 0 Å². The zero-order valence-electron chi connectivity index (χ0n) is 11.3. The first-order valence-corrected chi connectivity index (χ1v) is 6.92. The molecule has 0 radical (unpaired) electrons. The lowest BCUT2D eigenvalue weighted by molar-refractivity contribution is 0.0898. The summed E-state index contributed by atoms with van der Waals surface area (Å²) in [7, 11) is 0. The van der Waals surface area contributed by atoms with Gasteiger partial charge in [0.05, 0.1) is 19.8 Å². The van der Waals surface area contributed by atoms with Crippen molar-refractivity contribution >= 4 is 0 Å². The van der Waals surface area contributed by atoms with Gasteiger partial charge in [0, 0.05) is 12.6 Å². The van der Waals surface area contributed by atoms with Gasteiger partial charge in [-0.05, 0) is 45.3 Å². The van der Waals surface area contributed by atoms with Crippen molar-refractivity contribution in [1.82, 2.24) is 10.2 Å². The molecule has 0 amide bonds. The van der Waals surface area contributed by atoms with E-state index < -0.39 is 0 Å². The molecule has 1 fully saturated rings. The van der Waals surface area contributed by atoms with Crippen molar-refractivity contribution in [1.29, 1.82) is 0 Å². The molecule has 1 rings (SSSR count). The van der Waals surface area contributed by atoms with Crippen molar-refractivity contribution < 1.29 is 9.84 Å². The van der Waals surface area contributed by atoms with Crippen LogP contribution in [0.2, 0.25) is 0 Å². The predicted molar refractivity (Wildman–Crippen MR) is 70.2 cm³/mol. The number of ether oxygens (including phenoxy) is 1. The lowest BCUT2D eigenvalue weighted by atomic mass is 9.90. The minimum atomic E-state index is 0.116. The van der Waals surface area contributed by atoms with Gasteiger partial charge in [0.2, 0.25) is 0 Å². The van der Waals surface area contributed by atoms with Gasteiger partial charge in [0.25, 0.3) is 0 Å². The molecule has 1 aliphatic rings. The van der Waals surface area contributed by atoms with Crippen molar-refractivity contribution in [2.75, 3.05) is 46.0 Å². The Morgan fingerprint density at radius 3 is 2.65 bits per heavy atom. The molecule has 0 aromatic rings. The molecule has 0 bridgehead atoms. The van der Waals surface area contributed by atoms with Crippen molar-refractivity contribution in [2.45, 2.75) is 32.7 Å². The number of piperidine rings is 1. The fraction of sp³-hybridized carbons (Fsp3) is 1.00. The zero-order valence-corrected chi connectivity index (χ0v) is 11.3. The summed E-state index contributed by atoms with van der Waals surface area (Å²) in [5, 5.41) is 12.1. The number of nitrogens with one attached hydrogen (secondary N) is 1. The van der Waals surface area contributed by atoms with Crippen LogP contribution in [-0.2, 0) is 4.74 Å². The van der Waals surface area contributed by atoms with Crippen molar-refractivity contribution in [3.05, 3.63) is 0 Å². The summed E-state index contributed by atoms with van der Waals surface area (Å²) in [6.07, 6.45) is 2.61. The minimum absolute atomic E-state index is 0.116. The highest BCUT2D eigenvalue weighted by atomic mass is 16.5. The van der Waals surface area contributed by atoms with Crippen LogP contribution in [0.15, 0.2) is 0 Å². The van der Waals surface area contributed by atoms with Crippen LogP contribution < -0.4 is 5.32 Å². The monoisotopic (exact) mass is 244 g/mol. The average Bonchev–Trinajstić information content (AvgIpc) is 2.38. The summed E-state index contributed by atoms with van der Waals surface area (Å²) in [5.41, 5.74) is 0. The Kier molecular flexibility index (Phi) is 7.77. The average molecular weight is 244 g/mol. The normalized spacial score (nSPS) is 20.6. The number of aliphatic hydroxyl groups is 1. The summed E-state index contributed by atoms with van der Waals surface area (Å²) in [6, 6.07) is 0.576. The third-order valence-electron chi connectivity index (χ3n) is 3.73. The number of hydrogen-bond acceptors (Lipinski definition) is 4. The Morgan fingerprint density at radius 1 is 1.35 bits per heavy atom. The summed E-state index contributed by atoms with van der Waals surface area (Å²) in [5.74, 6) is 0.802. The van der Waals surface area contributed by atoms with Crippen LogP contribution in [0.4, 0.5) is 0 Å². The molecule has 1 unspecified atom stereocenters. The van der Waals surface area contributed by atoms with E-state index in [2.05, 4.69) is 24.1 Å². The maximum Gasteiger partial charge on any atom is 0.0698 e. The standard InChI is InChI=1S/C13H28N2O2/c1-3-15-7-4-13(5-8-15)12(2)14-6-10-17-11-9-16/h12-14,16H,3-11H2,1-2H3. The van der Waals surface area contributed by atoms with Gasteiger partial charge >= 0.3 is 0 Å². The maximum absolute atomic E-state index is 8.58. The number of rotatable bonds is 8. The molecule has 0 aromatic heterocycles. The van der Waals surface area contributed by atoms with Crippen LogP contribution in [0.3, 0.4) is 0 Å². The molecule has 1 saturated heterocycles. The van der Waals surface area contributed by atoms with Gasteiger partial charge in [-0.15, -0.1) is 0 Å². The molecule has 4 nitrogen and oxygen atoms in total. The first-order chi connectivity index (χ1) is 8.27. The quantitative estimate of drug-likeness (QED) is 0.617. The second-order valence-corrected chi connectivity index (χ2v) is 4.85. The summed E-state index contributed by atoms with van der Waals surface area (Å²) in [6.45, 7) is 10.3. The first kappa shape index (κ1) is 14.9. The molecule has 1 aliphatic heterocycles. The van der Waals surface area contributed by atoms with Gasteiger partial charge in [-0.2, -0.15) is 0 Å². The molecule has 0 aliphatic carbocycles. The van der Waals surface area contributed by atoms with Gasteiger partial charge in [-0.3, -0.25) is 0 Å². The molecule has 0 saturated carbocycles. The Bertz CT molecular complexity index is 182. The topological polar surface area (TPSA) is 44.7 Å². The number of aliphatic hydroxyl groups excluding tert-OH is 1. The smallest absolute Gasteiger partial charge is 0.0698 e. The Balaban J connectivity index is 2.05. The van der Waals surface area contributed by atoms with E-state index in [0.29, 0.717) is 19.3 Å². The van der Waals surface area contributed by atoms with Crippen LogP contribution in [-0.4, -0.2) is 62.0 Å². The summed E-state index contributed by atoms with van der Waals surface area (Å²) < 4.78 is 5.23. The molecule has 1 atom stereocenters. The minimum Gasteiger partial charge on any atom is -0.394 e. The van der Waals surface area contributed by atoms with Crippen LogP contribution in [0.1, 0.15) is 26.7 Å². The predicted octanol–water partition coefficient (Wildman–Crippen LogP) is 0.705. The van der Waals surface area contributed by atoms with E-state index in [1.54, 1.807) is 0 Å². The first-order valence-electron chi connectivity index (χ1n) is 6.92. The summed E-state index contributed by atoms with van der Waals surface area (Å²) in [4.78, 5) is 2.52. The van der Waals surface area contributed by atoms with Crippen molar-refractivity contribution in [3.63, 3.8) is 0 Å². The lowest BCUT2D eigenvalue weighted by Gasteiger charge is -2.34. The molecule has 1 heterocycles. The molecular weight excluding hydrogens is 216 g/mol. The van der Waals surface area contributed by atoms with Crippen molar-refractivity contribution in [3.8, 4) is 0 Å².